The Morgan fingerprint density at radius 2 is 2.07 bits per heavy atom. The van der Waals surface area contributed by atoms with Crippen molar-refractivity contribution in [3.63, 3.8) is 0 Å². The predicted octanol–water partition coefficient (Wildman–Crippen LogP) is 5.51. The lowest BCUT2D eigenvalue weighted by Crippen LogP contribution is -2.25. The van der Waals surface area contributed by atoms with Crippen LogP contribution in [-0.2, 0) is 22.4 Å². The second-order valence-corrected chi connectivity index (χ2v) is 8.11. The summed E-state index contributed by atoms with van der Waals surface area (Å²) in [7, 11) is 1.40. The van der Waals surface area contributed by atoms with Crippen molar-refractivity contribution in [2.45, 2.75) is 64.7 Å². The lowest BCUT2D eigenvalue weighted by molar-refractivity contribution is -0.142. The molecule has 0 saturated heterocycles. The summed E-state index contributed by atoms with van der Waals surface area (Å²) >= 11 is 0. The summed E-state index contributed by atoms with van der Waals surface area (Å²) in [6.45, 7) is 2.26. The van der Waals surface area contributed by atoms with Crippen LogP contribution in [0.15, 0.2) is 30.4 Å². The van der Waals surface area contributed by atoms with Crippen LogP contribution in [0.4, 0.5) is 0 Å². The highest BCUT2D eigenvalue weighted by molar-refractivity contribution is 5.71. The molecule has 3 heteroatoms. The second kappa shape index (κ2) is 9.96. The number of esters is 1. The summed E-state index contributed by atoms with van der Waals surface area (Å²) in [4.78, 5) is 11.4. The first kappa shape index (κ1) is 20.0. The van der Waals surface area contributed by atoms with Gasteiger partial charge in [0.15, 0.2) is 6.61 Å². The first-order valence-corrected chi connectivity index (χ1v) is 10.7. The van der Waals surface area contributed by atoms with E-state index < -0.39 is 0 Å². The Kier molecular flexibility index (Phi) is 7.37. The normalized spacial score (nSPS) is 23.9. The first-order valence-electron chi connectivity index (χ1n) is 10.7. The molecule has 0 radical (unpaired) electrons. The number of ether oxygens (including phenoxy) is 2. The van der Waals surface area contributed by atoms with Gasteiger partial charge in [0, 0.05) is 0 Å². The van der Waals surface area contributed by atoms with Crippen LogP contribution in [0.3, 0.4) is 0 Å². The highest BCUT2D eigenvalue weighted by Crippen LogP contribution is 2.47. The molecule has 0 spiro atoms. The highest BCUT2D eigenvalue weighted by Gasteiger charge is 2.38. The molecule has 1 aromatic carbocycles. The molecule has 2 aliphatic carbocycles. The average Bonchev–Trinajstić information content (AvgIpc) is 3.09. The van der Waals surface area contributed by atoms with Crippen LogP contribution in [0.1, 0.15) is 63.0 Å². The minimum Gasteiger partial charge on any atom is -0.482 e. The standard InChI is InChI=1S/C24H34O3/c1-3-4-5-6-7-8-10-18-13-14-20-16-22-19(15-21(18)20)11-9-12-23(22)27-17-24(25)26-2/h8-12,18,20-21H,3-7,13-17H2,1-2H3/b10-8+/t18?,20-,21-/m1/s1. The number of allylic oxidation sites excluding steroid dienone is 2. The van der Waals surface area contributed by atoms with Crippen LogP contribution in [0.25, 0.3) is 0 Å². The average molecular weight is 371 g/mol. The summed E-state index contributed by atoms with van der Waals surface area (Å²) in [5.74, 6) is 2.78. The van der Waals surface area contributed by atoms with Gasteiger partial charge in [-0.2, -0.15) is 0 Å². The van der Waals surface area contributed by atoms with Crippen LogP contribution in [0.5, 0.6) is 5.75 Å². The third-order valence-corrected chi connectivity index (χ3v) is 6.36. The summed E-state index contributed by atoms with van der Waals surface area (Å²) in [5, 5.41) is 0. The Morgan fingerprint density at radius 1 is 1.19 bits per heavy atom. The maximum absolute atomic E-state index is 11.4. The van der Waals surface area contributed by atoms with Crippen LogP contribution < -0.4 is 4.74 Å². The van der Waals surface area contributed by atoms with Crippen molar-refractivity contribution in [2.75, 3.05) is 13.7 Å². The Labute approximate surface area is 164 Å². The van der Waals surface area contributed by atoms with Crippen LogP contribution in [0.2, 0.25) is 0 Å². The molecule has 1 saturated carbocycles. The van der Waals surface area contributed by atoms with Gasteiger partial charge in [-0.3, -0.25) is 0 Å². The van der Waals surface area contributed by atoms with Gasteiger partial charge in [-0.15, -0.1) is 0 Å². The van der Waals surface area contributed by atoms with Crippen LogP contribution in [0, 0.1) is 17.8 Å². The molecule has 0 N–H and O–H groups in total. The largest absolute Gasteiger partial charge is 0.482 e. The molecule has 0 heterocycles. The molecule has 0 amide bonds. The van der Waals surface area contributed by atoms with E-state index in [0.717, 1.165) is 36.3 Å². The Morgan fingerprint density at radius 3 is 2.89 bits per heavy atom. The van der Waals surface area contributed by atoms with E-state index in [2.05, 4.69) is 31.2 Å². The Bertz CT molecular complexity index is 649. The minimum absolute atomic E-state index is 0.00948. The van der Waals surface area contributed by atoms with Gasteiger partial charge in [-0.1, -0.05) is 50.5 Å². The van der Waals surface area contributed by atoms with Crippen molar-refractivity contribution in [1.82, 2.24) is 0 Å². The minimum atomic E-state index is -0.328. The molecule has 0 aromatic heterocycles. The zero-order valence-corrected chi connectivity index (χ0v) is 16.9. The zero-order valence-electron chi connectivity index (χ0n) is 16.9. The number of carbonyl (C=O) groups is 1. The first-order chi connectivity index (χ1) is 13.2. The fourth-order valence-electron chi connectivity index (χ4n) is 4.84. The van der Waals surface area contributed by atoms with E-state index in [-0.39, 0.29) is 12.6 Å². The second-order valence-electron chi connectivity index (χ2n) is 8.11. The Balaban J connectivity index is 1.60. The fourth-order valence-corrected chi connectivity index (χ4v) is 4.84. The molecule has 0 aliphatic heterocycles. The smallest absolute Gasteiger partial charge is 0.343 e. The molecule has 27 heavy (non-hydrogen) atoms. The number of hydrogen-bond donors (Lipinski definition) is 0. The van der Waals surface area contributed by atoms with Crippen LogP contribution in [-0.4, -0.2) is 19.7 Å². The lowest BCUT2D eigenvalue weighted by atomic mass is 9.74. The highest BCUT2D eigenvalue weighted by atomic mass is 16.6. The van der Waals surface area contributed by atoms with Gasteiger partial charge in [-0.25, -0.2) is 4.79 Å². The molecule has 3 rings (SSSR count). The third kappa shape index (κ3) is 5.15. The molecular formula is C24H34O3. The van der Waals surface area contributed by atoms with Gasteiger partial charge in [0.25, 0.3) is 0 Å². The van der Waals surface area contributed by atoms with Crippen LogP contribution >= 0.6 is 0 Å². The van der Waals surface area contributed by atoms with Crippen molar-refractivity contribution >= 4 is 5.97 Å². The summed E-state index contributed by atoms with van der Waals surface area (Å²) < 4.78 is 10.5. The molecule has 3 atom stereocenters. The van der Waals surface area contributed by atoms with Gasteiger partial charge >= 0.3 is 5.97 Å². The van der Waals surface area contributed by atoms with E-state index in [9.17, 15) is 4.79 Å². The van der Waals surface area contributed by atoms with E-state index in [1.807, 2.05) is 6.07 Å². The number of unbranched alkanes of at least 4 members (excludes halogenated alkanes) is 4. The molecule has 2 aliphatic rings. The summed E-state index contributed by atoms with van der Waals surface area (Å²) in [5.41, 5.74) is 2.72. The van der Waals surface area contributed by atoms with E-state index in [4.69, 9.17) is 9.47 Å². The molecule has 1 unspecified atom stereocenters. The van der Waals surface area contributed by atoms with Crippen molar-refractivity contribution in [2.24, 2.45) is 17.8 Å². The zero-order chi connectivity index (χ0) is 19.1. The van der Waals surface area contributed by atoms with Gasteiger partial charge in [0.05, 0.1) is 7.11 Å². The van der Waals surface area contributed by atoms with Gasteiger partial charge in [0.2, 0.25) is 0 Å². The topological polar surface area (TPSA) is 35.5 Å². The summed E-state index contributed by atoms with van der Waals surface area (Å²) in [6.07, 6.45) is 16.4. The molecule has 1 aromatic rings. The number of benzene rings is 1. The van der Waals surface area contributed by atoms with E-state index >= 15 is 0 Å². The van der Waals surface area contributed by atoms with E-state index in [0.29, 0.717) is 0 Å². The van der Waals surface area contributed by atoms with Gasteiger partial charge < -0.3 is 9.47 Å². The van der Waals surface area contributed by atoms with Gasteiger partial charge in [-0.05, 0) is 73.5 Å². The molecule has 0 bridgehead atoms. The maximum Gasteiger partial charge on any atom is 0.343 e. The number of methoxy groups -OCH3 is 1. The fraction of sp³-hybridized carbons (Fsp3) is 0.625. The SMILES string of the molecule is CCCCCC/C=C/C1CC[C@@H]2Cc3c(cccc3OCC(=O)OC)C[C@H]12. The monoisotopic (exact) mass is 370 g/mol. The Hall–Kier alpha value is -1.77. The predicted molar refractivity (Wildman–Crippen MR) is 109 cm³/mol. The summed E-state index contributed by atoms with van der Waals surface area (Å²) in [6, 6.07) is 6.28. The molecule has 3 nitrogen and oxygen atoms in total. The van der Waals surface area contributed by atoms with Crippen molar-refractivity contribution < 1.29 is 14.3 Å². The van der Waals surface area contributed by atoms with Crippen molar-refractivity contribution in [3.8, 4) is 5.75 Å². The molecule has 148 valence electrons. The number of rotatable bonds is 9. The molecule has 1 fully saturated rings. The number of hydrogen-bond acceptors (Lipinski definition) is 3. The maximum atomic E-state index is 11.4. The number of fused-ring (bicyclic) bond motifs is 2. The third-order valence-electron chi connectivity index (χ3n) is 6.36. The van der Waals surface area contributed by atoms with E-state index in [1.54, 1.807) is 0 Å². The van der Waals surface area contributed by atoms with Crippen molar-refractivity contribution in [3.05, 3.63) is 41.5 Å². The quantitative estimate of drug-likeness (QED) is 0.327. The number of carbonyl (C=O) groups excluding carboxylic acids is 1. The lowest BCUT2D eigenvalue weighted by Gasteiger charge is -2.31. The van der Waals surface area contributed by atoms with Gasteiger partial charge in [0.1, 0.15) is 5.75 Å². The van der Waals surface area contributed by atoms with Crippen molar-refractivity contribution in [1.29, 1.82) is 0 Å². The molecular weight excluding hydrogens is 336 g/mol. The van der Waals surface area contributed by atoms with E-state index in [1.165, 1.54) is 63.2 Å².